The summed E-state index contributed by atoms with van der Waals surface area (Å²) >= 11 is 0. The van der Waals surface area contributed by atoms with E-state index in [4.69, 9.17) is 0 Å². The smallest absolute Gasteiger partial charge is 0.170 e. The summed E-state index contributed by atoms with van der Waals surface area (Å²) in [5.74, 6) is -0.0793. The molecule has 2 unspecified atom stereocenters. The van der Waals surface area contributed by atoms with Gasteiger partial charge in [0, 0.05) is 10.9 Å². The molecule has 0 aromatic heterocycles. The Hall–Kier alpha value is -0.220. The van der Waals surface area contributed by atoms with Gasteiger partial charge in [-0.1, -0.05) is 0 Å². The summed E-state index contributed by atoms with van der Waals surface area (Å²) < 4.78 is 0. The Balaban J connectivity index is 2.49. The van der Waals surface area contributed by atoms with Crippen LogP contribution in [-0.4, -0.2) is 29.9 Å². The van der Waals surface area contributed by atoms with E-state index in [0.717, 1.165) is 5.88 Å². The highest BCUT2D eigenvalue weighted by molar-refractivity contribution is 7.97. The Labute approximate surface area is 56.8 Å². The molecular weight excluding hydrogens is 138 g/mol. The van der Waals surface area contributed by atoms with E-state index in [0.29, 0.717) is 6.54 Å². The van der Waals surface area contributed by atoms with Crippen LogP contribution in [0.4, 0.5) is 0 Å². The van der Waals surface area contributed by atoms with Crippen molar-refractivity contribution in [1.29, 1.82) is 0 Å². The molecule has 0 aliphatic carbocycles. The number of nitrogens with one attached hydrogen (secondary N) is 1. The number of carbonyl (C=O) groups is 1. The van der Waals surface area contributed by atoms with E-state index in [9.17, 15) is 9.90 Å². The second-order valence-corrected chi connectivity index (χ2v) is 4.34. The number of hydrogen-bond acceptors (Lipinski definition) is 3. The second-order valence-electron chi connectivity index (χ2n) is 2.10. The highest BCUT2D eigenvalue weighted by Gasteiger charge is 2.32. The summed E-state index contributed by atoms with van der Waals surface area (Å²) in [5.41, 5.74) is 0. The lowest BCUT2D eigenvalue weighted by Crippen LogP contribution is -2.40. The summed E-state index contributed by atoms with van der Waals surface area (Å²) in [6.45, 7) is 0.585. The van der Waals surface area contributed by atoms with Crippen LogP contribution >= 0.6 is 0 Å². The molecule has 0 spiro atoms. The third kappa shape index (κ3) is 1.37. The monoisotopic (exact) mass is 147 g/mol. The number of aliphatic carboxylic acids is 1. The van der Waals surface area contributed by atoms with Crippen molar-refractivity contribution in [3.8, 4) is 0 Å². The summed E-state index contributed by atoms with van der Waals surface area (Å²) in [6, 6.07) is 0. The number of carboxylic acid groups (broad SMARTS) is 1. The van der Waals surface area contributed by atoms with Crippen LogP contribution in [-0.2, 0) is 15.7 Å². The van der Waals surface area contributed by atoms with Crippen LogP contribution in [0.25, 0.3) is 0 Å². The normalized spacial score (nSPS) is 34.8. The van der Waals surface area contributed by atoms with Crippen molar-refractivity contribution in [2.24, 2.45) is 0 Å². The van der Waals surface area contributed by atoms with Crippen LogP contribution in [0, 0.1) is 0 Å². The van der Waals surface area contributed by atoms with Crippen molar-refractivity contribution >= 4 is 16.9 Å². The van der Waals surface area contributed by atoms with Gasteiger partial charge in [0.2, 0.25) is 0 Å². The molecule has 52 valence electrons. The molecular formula is C5H9NO2S. The molecule has 9 heavy (non-hydrogen) atoms. The van der Waals surface area contributed by atoms with Gasteiger partial charge in [-0.05, 0) is 0 Å². The summed E-state index contributed by atoms with van der Waals surface area (Å²) in [5, 5.41) is 13.0. The standard InChI is InChI=1S/C5H9NO2S/c1-9-3-6-2-4(9)5(7)8/h4,6H,2-3H2,1H3. The molecule has 1 aliphatic heterocycles. The first-order valence-corrected chi connectivity index (χ1v) is 4.61. The first-order valence-electron chi connectivity index (χ1n) is 2.74. The van der Waals surface area contributed by atoms with Gasteiger partial charge in [-0.2, -0.15) is 0 Å². The van der Waals surface area contributed by atoms with Crippen molar-refractivity contribution < 1.29 is 9.90 Å². The van der Waals surface area contributed by atoms with E-state index in [-0.39, 0.29) is 16.1 Å². The van der Waals surface area contributed by atoms with E-state index in [1.807, 2.05) is 6.26 Å². The van der Waals surface area contributed by atoms with Gasteiger partial charge in [0.1, 0.15) is 0 Å². The molecule has 1 aliphatic rings. The zero-order valence-electron chi connectivity index (χ0n) is 5.22. The zero-order chi connectivity index (χ0) is 6.85. The van der Waals surface area contributed by atoms with Gasteiger partial charge in [0.25, 0.3) is 0 Å². The molecule has 1 heterocycles. The molecule has 0 radical (unpaired) electrons. The molecule has 4 heteroatoms. The average Bonchev–Trinajstić information content (AvgIpc) is 2.13. The molecule has 0 aromatic carbocycles. The molecule has 1 rings (SSSR count). The lowest BCUT2D eigenvalue weighted by molar-refractivity contribution is -0.304. The maximum Gasteiger partial charge on any atom is 0.170 e. The largest absolute Gasteiger partial charge is 0.545 e. The Bertz CT molecular complexity index is 128. The topological polar surface area (TPSA) is 52.2 Å². The molecule has 0 bridgehead atoms. The van der Waals surface area contributed by atoms with Crippen molar-refractivity contribution in [1.82, 2.24) is 5.32 Å². The van der Waals surface area contributed by atoms with Crippen LogP contribution in [0.1, 0.15) is 0 Å². The Kier molecular flexibility index (Phi) is 1.97. The molecule has 2 atom stereocenters. The molecule has 1 saturated heterocycles. The zero-order valence-corrected chi connectivity index (χ0v) is 6.03. The number of carboxylic acids is 1. The van der Waals surface area contributed by atoms with E-state index in [1.54, 1.807) is 0 Å². The molecule has 1 fully saturated rings. The Morgan fingerprint density at radius 1 is 1.89 bits per heavy atom. The maximum absolute atomic E-state index is 10.3. The third-order valence-electron chi connectivity index (χ3n) is 1.41. The van der Waals surface area contributed by atoms with Crippen LogP contribution in [0.3, 0.4) is 0 Å². The van der Waals surface area contributed by atoms with Gasteiger partial charge in [0.15, 0.2) is 11.1 Å². The maximum atomic E-state index is 10.3. The molecule has 1 N–H and O–H groups in total. The highest BCUT2D eigenvalue weighted by Crippen LogP contribution is 2.05. The molecule has 0 aromatic rings. The fraction of sp³-hybridized carbons (Fsp3) is 0.800. The van der Waals surface area contributed by atoms with Crippen molar-refractivity contribution in [2.75, 3.05) is 18.7 Å². The van der Waals surface area contributed by atoms with Gasteiger partial charge >= 0.3 is 0 Å². The van der Waals surface area contributed by atoms with Gasteiger partial charge in [-0.25, -0.2) is 0 Å². The number of carbonyl (C=O) groups excluding carboxylic acids is 1. The van der Waals surface area contributed by atoms with Gasteiger partial charge in [-0.3, -0.25) is 5.32 Å². The highest BCUT2D eigenvalue weighted by atomic mass is 32.2. The first-order chi connectivity index (χ1) is 4.22. The van der Waals surface area contributed by atoms with E-state index in [2.05, 4.69) is 5.32 Å². The van der Waals surface area contributed by atoms with E-state index >= 15 is 0 Å². The fourth-order valence-electron chi connectivity index (χ4n) is 0.841. The lowest BCUT2D eigenvalue weighted by Gasteiger charge is -2.05. The van der Waals surface area contributed by atoms with Gasteiger partial charge in [0.05, 0.1) is 18.8 Å². The average molecular weight is 147 g/mol. The van der Waals surface area contributed by atoms with Crippen LogP contribution in [0.15, 0.2) is 0 Å². The molecule has 0 saturated carbocycles. The summed E-state index contributed by atoms with van der Waals surface area (Å²) in [4.78, 5) is 10.3. The predicted octanol–water partition coefficient (Wildman–Crippen LogP) is -2.09. The summed E-state index contributed by atoms with van der Waals surface area (Å²) in [7, 11) is -0.0139. The second kappa shape index (κ2) is 2.58. The Morgan fingerprint density at radius 2 is 2.56 bits per heavy atom. The number of rotatable bonds is 1. The van der Waals surface area contributed by atoms with Crippen LogP contribution < -0.4 is 10.4 Å². The minimum absolute atomic E-state index is 0.0139. The first kappa shape index (κ1) is 6.89. The minimum Gasteiger partial charge on any atom is -0.545 e. The Morgan fingerprint density at radius 3 is 2.78 bits per heavy atom. The van der Waals surface area contributed by atoms with E-state index in [1.165, 1.54) is 0 Å². The minimum atomic E-state index is -0.911. The van der Waals surface area contributed by atoms with Crippen molar-refractivity contribution in [2.45, 2.75) is 5.25 Å². The quantitative estimate of drug-likeness (QED) is 0.433. The summed E-state index contributed by atoms with van der Waals surface area (Å²) in [6.07, 6.45) is 1.94. The molecule has 0 amide bonds. The number of hydrogen-bond donors (Lipinski definition) is 1. The molecule has 3 nitrogen and oxygen atoms in total. The van der Waals surface area contributed by atoms with E-state index < -0.39 is 5.97 Å². The van der Waals surface area contributed by atoms with Crippen LogP contribution in [0.5, 0.6) is 0 Å². The third-order valence-corrected chi connectivity index (χ3v) is 3.40. The SMILES string of the molecule is C[S+]1CNCC1C(=O)[O-]. The van der Waals surface area contributed by atoms with Gasteiger partial charge < -0.3 is 9.90 Å². The lowest BCUT2D eigenvalue weighted by atomic mass is 10.4. The predicted molar refractivity (Wildman–Crippen MR) is 35.0 cm³/mol. The van der Waals surface area contributed by atoms with Crippen LogP contribution in [0.2, 0.25) is 0 Å². The van der Waals surface area contributed by atoms with Crippen molar-refractivity contribution in [3.05, 3.63) is 0 Å². The van der Waals surface area contributed by atoms with Crippen molar-refractivity contribution in [3.63, 3.8) is 0 Å². The fourth-order valence-corrected chi connectivity index (χ4v) is 2.21. The van der Waals surface area contributed by atoms with Gasteiger partial charge in [-0.15, -0.1) is 0 Å².